The van der Waals surface area contributed by atoms with E-state index < -0.39 is 5.97 Å². The lowest BCUT2D eigenvalue weighted by atomic mass is 9.73. The predicted octanol–water partition coefficient (Wildman–Crippen LogP) is 3.60. The maximum Gasteiger partial charge on any atom is 0.307 e. The summed E-state index contributed by atoms with van der Waals surface area (Å²) in [6.45, 7) is 4.16. The first-order valence-electron chi connectivity index (χ1n) is 6.02. The fourth-order valence-electron chi connectivity index (χ4n) is 2.60. The van der Waals surface area contributed by atoms with Crippen LogP contribution in [-0.2, 0) is 4.79 Å². The van der Waals surface area contributed by atoms with Crippen molar-refractivity contribution in [2.24, 2.45) is 5.92 Å². The largest absolute Gasteiger partial charge is 0.481 e. The summed E-state index contributed by atoms with van der Waals surface area (Å²) in [6, 6.07) is 10.0. The molecule has 1 aromatic rings. The molecule has 0 unspecified atom stereocenters. The molecule has 2 heteroatoms. The monoisotopic (exact) mass is 230 g/mol. The van der Waals surface area contributed by atoms with Crippen molar-refractivity contribution < 1.29 is 9.90 Å². The number of rotatable bonds is 2. The summed E-state index contributed by atoms with van der Waals surface area (Å²) in [4.78, 5) is 11.4. The van der Waals surface area contributed by atoms with Crippen LogP contribution in [0.5, 0.6) is 0 Å². The van der Waals surface area contributed by atoms with Gasteiger partial charge >= 0.3 is 5.97 Å². The van der Waals surface area contributed by atoms with Crippen molar-refractivity contribution in [3.05, 3.63) is 47.0 Å². The summed E-state index contributed by atoms with van der Waals surface area (Å²) in [5, 5.41) is 9.35. The molecule has 1 aliphatic rings. The zero-order valence-electron chi connectivity index (χ0n) is 10.3. The molecule has 0 bridgehead atoms. The molecule has 0 spiro atoms. The van der Waals surface area contributed by atoms with Gasteiger partial charge in [0, 0.05) is 5.92 Å². The third-order valence-electron chi connectivity index (χ3n) is 3.81. The number of allylic oxidation sites excluding steroid dienone is 2. The summed E-state index contributed by atoms with van der Waals surface area (Å²) in [6.07, 6.45) is 1.55. The van der Waals surface area contributed by atoms with Gasteiger partial charge in [0.25, 0.3) is 0 Å². The lowest BCUT2D eigenvalue weighted by Crippen LogP contribution is -2.26. The van der Waals surface area contributed by atoms with Crippen LogP contribution in [0.1, 0.15) is 38.2 Å². The first kappa shape index (κ1) is 11.9. The molecule has 0 fully saturated rings. The van der Waals surface area contributed by atoms with Gasteiger partial charge in [0.15, 0.2) is 0 Å². The van der Waals surface area contributed by atoms with Gasteiger partial charge in [-0.05, 0) is 32.3 Å². The lowest BCUT2D eigenvalue weighted by Gasteiger charge is -2.30. The van der Waals surface area contributed by atoms with Crippen LogP contribution in [0, 0.1) is 5.92 Å². The van der Waals surface area contributed by atoms with E-state index in [1.165, 1.54) is 11.1 Å². The van der Waals surface area contributed by atoms with Crippen molar-refractivity contribution in [3.63, 3.8) is 0 Å². The summed E-state index contributed by atoms with van der Waals surface area (Å²) < 4.78 is 0. The SMILES string of the molecule is CC1=C(C)C[C@@H](C(=O)O)[C@@H](c2ccccc2)C1. The third kappa shape index (κ3) is 2.41. The van der Waals surface area contributed by atoms with E-state index >= 15 is 0 Å². The van der Waals surface area contributed by atoms with Crippen LogP contribution in [-0.4, -0.2) is 11.1 Å². The van der Waals surface area contributed by atoms with Crippen molar-refractivity contribution in [2.45, 2.75) is 32.6 Å². The summed E-state index contributed by atoms with van der Waals surface area (Å²) >= 11 is 0. The average molecular weight is 230 g/mol. The molecule has 0 amide bonds. The van der Waals surface area contributed by atoms with Crippen LogP contribution < -0.4 is 0 Å². The second kappa shape index (κ2) is 4.74. The highest BCUT2D eigenvalue weighted by Gasteiger charge is 2.33. The summed E-state index contributed by atoms with van der Waals surface area (Å²) in [5.41, 5.74) is 3.73. The van der Waals surface area contributed by atoms with E-state index in [-0.39, 0.29) is 11.8 Å². The number of aliphatic carboxylic acids is 1. The second-order valence-corrected chi connectivity index (χ2v) is 4.93. The second-order valence-electron chi connectivity index (χ2n) is 4.93. The Kier molecular flexibility index (Phi) is 3.32. The molecule has 0 radical (unpaired) electrons. The van der Waals surface area contributed by atoms with Gasteiger partial charge in [-0.3, -0.25) is 4.79 Å². The Morgan fingerprint density at radius 2 is 1.71 bits per heavy atom. The van der Waals surface area contributed by atoms with Gasteiger partial charge < -0.3 is 5.11 Å². The number of benzene rings is 1. The Morgan fingerprint density at radius 3 is 2.29 bits per heavy atom. The first-order valence-corrected chi connectivity index (χ1v) is 6.02. The van der Waals surface area contributed by atoms with E-state index in [0.29, 0.717) is 6.42 Å². The van der Waals surface area contributed by atoms with Gasteiger partial charge in [-0.25, -0.2) is 0 Å². The van der Waals surface area contributed by atoms with Gasteiger partial charge in [-0.1, -0.05) is 41.5 Å². The Hall–Kier alpha value is -1.57. The van der Waals surface area contributed by atoms with E-state index in [2.05, 4.69) is 6.92 Å². The van der Waals surface area contributed by atoms with Gasteiger partial charge in [-0.2, -0.15) is 0 Å². The number of hydrogen-bond acceptors (Lipinski definition) is 1. The Morgan fingerprint density at radius 1 is 1.12 bits per heavy atom. The van der Waals surface area contributed by atoms with Gasteiger partial charge in [0.2, 0.25) is 0 Å². The van der Waals surface area contributed by atoms with Crippen molar-refractivity contribution in [1.29, 1.82) is 0 Å². The average Bonchev–Trinajstić information content (AvgIpc) is 2.33. The molecule has 1 aromatic carbocycles. The van der Waals surface area contributed by atoms with Gasteiger partial charge in [-0.15, -0.1) is 0 Å². The zero-order chi connectivity index (χ0) is 12.4. The normalized spacial score (nSPS) is 24.8. The van der Waals surface area contributed by atoms with Crippen molar-refractivity contribution in [2.75, 3.05) is 0 Å². The Labute approximate surface area is 102 Å². The Balaban J connectivity index is 2.35. The fraction of sp³-hybridized carbons (Fsp3) is 0.400. The molecule has 2 atom stereocenters. The molecule has 1 N–H and O–H groups in total. The third-order valence-corrected chi connectivity index (χ3v) is 3.81. The van der Waals surface area contributed by atoms with Crippen LogP contribution >= 0.6 is 0 Å². The van der Waals surface area contributed by atoms with Crippen LogP contribution in [0.2, 0.25) is 0 Å². The minimum atomic E-state index is -0.675. The fourth-order valence-corrected chi connectivity index (χ4v) is 2.60. The first-order chi connectivity index (χ1) is 8.09. The highest BCUT2D eigenvalue weighted by molar-refractivity contribution is 5.72. The van der Waals surface area contributed by atoms with E-state index in [9.17, 15) is 9.90 Å². The minimum absolute atomic E-state index is 0.123. The highest BCUT2D eigenvalue weighted by atomic mass is 16.4. The number of carboxylic acids is 1. The van der Waals surface area contributed by atoms with Crippen molar-refractivity contribution >= 4 is 5.97 Å². The van der Waals surface area contributed by atoms with E-state index in [1.54, 1.807) is 0 Å². The molecule has 0 aliphatic heterocycles. The number of carbonyl (C=O) groups is 1. The number of hydrogen-bond donors (Lipinski definition) is 1. The minimum Gasteiger partial charge on any atom is -0.481 e. The highest BCUT2D eigenvalue weighted by Crippen LogP contribution is 2.40. The molecular weight excluding hydrogens is 212 g/mol. The van der Waals surface area contributed by atoms with E-state index in [1.807, 2.05) is 37.3 Å². The van der Waals surface area contributed by atoms with Crippen LogP contribution in [0.4, 0.5) is 0 Å². The van der Waals surface area contributed by atoms with Gasteiger partial charge in [0.1, 0.15) is 0 Å². The van der Waals surface area contributed by atoms with Crippen LogP contribution in [0.15, 0.2) is 41.5 Å². The molecule has 0 aromatic heterocycles. The van der Waals surface area contributed by atoms with E-state index in [4.69, 9.17) is 0 Å². The summed E-state index contributed by atoms with van der Waals surface area (Å²) in [7, 11) is 0. The zero-order valence-corrected chi connectivity index (χ0v) is 10.3. The summed E-state index contributed by atoms with van der Waals surface area (Å²) in [5.74, 6) is -0.829. The number of carboxylic acid groups (broad SMARTS) is 1. The van der Waals surface area contributed by atoms with Crippen molar-refractivity contribution in [1.82, 2.24) is 0 Å². The van der Waals surface area contributed by atoms with Gasteiger partial charge in [0.05, 0.1) is 5.92 Å². The topological polar surface area (TPSA) is 37.3 Å². The standard InChI is InChI=1S/C15H18O2/c1-10-8-13(12-6-4-3-5-7-12)14(15(16)17)9-11(10)2/h3-7,13-14H,8-9H2,1-2H3,(H,16,17)/t13-,14-/m1/s1. The molecule has 1 aliphatic carbocycles. The maximum absolute atomic E-state index is 11.4. The smallest absolute Gasteiger partial charge is 0.307 e. The predicted molar refractivity (Wildman–Crippen MR) is 67.9 cm³/mol. The molecule has 90 valence electrons. The molecule has 0 heterocycles. The molecular formula is C15H18O2. The molecule has 2 nitrogen and oxygen atoms in total. The maximum atomic E-state index is 11.4. The lowest BCUT2D eigenvalue weighted by molar-refractivity contribution is -0.142. The van der Waals surface area contributed by atoms with Crippen molar-refractivity contribution in [3.8, 4) is 0 Å². The molecule has 17 heavy (non-hydrogen) atoms. The molecule has 0 saturated heterocycles. The van der Waals surface area contributed by atoms with Crippen LogP contribution in [0.25, 0.3) is 0 Å². The molecule has 0 saturated carbocycles. The molecule has 2 rings (SSSR count). The van der Waals surface area contributed by atoms with Crippen LogP contribution in [0.3, 0.4) is 0 Å². The quantitative estimate of drug-likeness (QED) is 0.788. The van der Waals surface area contributed by atoms with E-state index in [0.717, 1.165) is 12.0 Å². The Bertz CT molecular complexity index is 445.